The third kappa shape index (κ3) is 2.93. The smallest absolute Gasteiger partial charge is 0.247 e. The van der Waals surface area contributed by atoms with Gasteiger partial charge in [0.25, 0.3) is 0 Å². The highest BCUT2D eigenvalue weighted by atomic mass is 32.2. The van der Waals surface area contributed by atoms with Crippen LogP contribution in [0.15, 0.2) is 23.4 Å². The van der Waals surface area contributed by atoms with Crippen molar-refractivity contribution in [2.45, 2.75) is 23.8 Å². The lowest BCUT2D eigenvalue weighted by molar-refractivity contribution is 0.291. The number of hydrazine groups is 1. The van der Waals surface area contributed by atoms with Gasteiger partial charge in [-0.15, -0.1) is 0 Å². The fourth-order valence-corrected chi connectivity index (χ4v) is 4.35. The van der Waals surface area contributed by atoms with E-state index in [1.54, 1.807) is 10.4 Å². The summed E-state index contributed by atoms with van der Waals surface area (Å²) in [4.78, 5) is 6.04. The van der Waals surface area contributed by atoms with Crippen LogP contribution in [0.2, 0.25) is 0 Å². The molecule has 2 heterocycles. The van der Waals surface area contributed by atoms with Gasteiger partial charge in [0.15, 0.2) is 0 Å². The summed E-state index contributed by atoms with van der Waals surface area (Å²) in [5.41, 5.74) is 2.80. The fourth-order valence-electron chi connectivity index (χ4n) is 2.56. The summed E-state index contributed by atoms with van der Waals surface area (Å²) < 4.78 is 27.1. The van der Waals surface area contributed by atoms with E-state index in [2.05, 4.69) is 10.4 Å². The number of anilines is 1. The molecule has 0 aromatic carbocycles. The Hall–Kier alpha value is -1.22. The van der Waals surface area contributed by atoms with Crippen LogP contribution in [0.4, 0.5) is 5.69 Å². The summed E-state index contributed by atoms with van der Waals surface area (Å²) >= 11 is 0. The first-order valence-electron chi connectivity index (χ1n) is 6.54. The first-order valence-corrected chi connectivity index (χ1v) is 7.98. The molecule has 0 radical (unpaired) electrons. The van der Waals surface area contributed by atoms with Crippen LogP contribution < -0.4 is 11.3 Å². The molecule has 0 aliphatic carbocycles. The van der Waals surface area contributed by atoms with E-state index in [-0.39, 0.29) is 10.9 Å². The maximum Gasteiger partial charge on any atom is 0.247 e. The quantitative estimate of drug-likeness (QED) is 0.591. The summed E-state index contributed by atoms with van der Waals surface area (Å²) in [5, 5.41) is 0. The van der Waals surface area contributed by atoms with Gasteiger partial charge in [-0.05, 0) is 33.0 Å². The van der Waals surface area contributed by atoms with Crippen molar-refractivity contribution < 1.29 is 8.42 Å². The maximum atomic E-state index is 12.8. The maximum absolute atomic E-state index is 12.8. The van der Waals surface area contributed by atoms with Crippen LogP contribution in [0.3, 0.4) is 0 Å². The Balaban J connectivity index is 2.34. The van der Waals surface area contributed by atoms with Gasteiger partial charge in [-0.2, -0.15) is 4.31 Å². The van der Waals surface area contributed by atoms with Gasteiger partial charge >= 0.3 is 0 Å². The molecule has 1 atom stereocenters. The van der Waals surface area contributed by atoms with Gasteiger partial charge < -0.3 is 10.3 Å². The number of nitrogens with one attached hydrogen (secondary N) is 1. The molecule has 0 bridgehead atoms. The summed E-state index contributed by atoms with van der Waals surface area (Å²) in [7, 11) is 0.314. The van der Waals surface area contributed by atoms with Crippen LogP contribution in [0, 0.1) is 0 Å². The second kappa shape index (κ2) is 6.04. The first kappa shape index (κ1) is 15.2. The van der Waals surface area contributed by atoms with E-state index in [9.17, 15) is 8.42 Å². The zero-order valence-corrected chi connectivity index (χ0v) is 12.6. The fraction of sp³-hybridized carbons (Fsp3) is 0.583. The molecule has 1 fully saturated rings. The number of rotatable bonds is 5. The van der Waals surface area contributed by atoms with E-state index >= 15 is 0 Å². The minimum Gasteiger partial charge on any atom is -0.323 e. The molecular formula is C12H21N5O2S. The lowest BCUT2D eigenvalue weighted by Gasteiger charge is -2.26. The molecule has 1 aromatic heterocycles. The van der Waals surface area contributed by atoms with E-state index in [1.807, 2.05) is 19.0 Å². The average Bonchev–Trinajstić information content (AvgIpc) is 2.86. The van der Waals surface area contributed by atoms with Crippen LogP contribution in [-0.2, 0) is 10.0 Å². The third-order valence-electron chi connectivity index (χ3n) is 3.43. The van der Waals surface area contributed by atoms with Crippen LogP contribution in [0.25, 0.3) is 0 Å². The molecule has 0 saturated carbocycles. The normalized spacial score (nSPS) is 20.5. The molecule has 1 unspecified atom stereocenters. The van der Waals surface area contributed by atoms with Gasteiger partial charge in [0.05, 0.1) is 5.69 Å². The summed E-state index contributed by atoms with van der Waals surface area (Å²) in [6, 6.07) is 1.56. The predicted octanol–water partition coefficient (Wildman–Crippen LogP) is 0.0819. The summed E-state index contributed by atoms with van der Waals surface area (Å²) in [6.07, 6.45) is 4.61. The molecule has 0 amide bonds. The zero-order valence-electron chi connectivity index (χ0n) is 11.8. The van der Waals surface area contributed by atoms with Crippen LogP contribution in [0.5, 0.6) is 0 Å². The number of nitrogens with zero attached hydrogens (tertiary/aromatic N) is 3. The van der Waals surface area contributed by atoms with Crippen LogP contribution in [-0.4, -0.2) is 55.8 Å². The zero-order chi connectivity index (χ0) is 14.8. The van der Waals surface area contributed by atoms with Crippen molar-refractivity contribution in [1.29, 1.82) is 0 Å². The molecule has 8 heteroatoms. The Bertz CT molecular complexity index is 561. The lowest BCUT2D eigenvalue weighted by Crippen LogP contribution is -2.41. The Morgan fingerprint density at radius 1 is 1.55 bits per heavy atom. The Kier molecular flexibility index (Phi) is 4.59. The number of hydrogen-bond donors (Lipinski definition) is 2. The number of nitrogens with two attached hydrogens (primary N) is 1. The average molecular weight is 299 g/mol. The molecule has 1 aliphatic heterocycles. The number of pyridine rings is 1. The molecule has 7 nitrogen and oxygen atoms in total. The molecule has 2 rings (SSSR count). The van der Waals surface area contributed by atoms with Gasteiger partial charge in [-0.25, -0.2) is 8.42 Å². The molecule has 1 aromatic rings. The number of nitrogen functional groups attached to an aromatic ring is 1. The van der Waals surface area contributed by atoms with Crippen LogP contribution in [0.1, 0.15) is 12.8 Å². The molecule has 3 N–H and O–H groups in total. The number of aromatic nitrogens is 1. The minimum absolute atomic E-state index is 0.000769. The van der Waals surface area contributed by atoms with Crippen molar-refractivity contribution in [3.63, 3.8) is 0 Å². The highest BCUT2D eigenvalue weighted by molar-refractivity contribution is 7.89. The second-order valence-corrected chi connectivity index (χ2v) is 7.05. The van der Waals surface area contributed by atoms with Crippen molar-refractivity contribution in [3.8, 4) is 0 Å². The standard InChI is InChI=1S/C12H21N5O2S/c1-16(2)9-10-4-3-7-17(10)20(18,19)12-8-14-6-5-11(12)15-13/h5-6,8,10H,3-4,7,9,13H2,1-2H3,(H,14,15). The number of sulfonamides is 1. The Labute approximate surface area is 119 Å². The predicted molar refractivity (Wildman–Crippen MR) is 77.5 cm³/mol. The van der Waals surface area contributed by atoms with Gasteiger partial charge in [0.2, 0.25) is 10.0 Å². The lowest BCUT2D eigenvalue weighted by atomic mass is 10.2. The number of hydrogen-bond acceptors (Lipinski definition) is 6. The third-order valence-corrected chi connectivity index (χ3v) is 5.40. The van der Waals surface area contributed by atoms with Crippen molar-refractivity contribution in [3.05, 3.63) is 18.5 Å². The van der Waals surface area contributed by atoms with Gasteiger partial charge in [0.1, 0.15) is 4.90 Å². The van der Waals surface area contributed by atoms with E-state index in [0.717, 1.165) is 12.8 Å². The summed E-state index contributed by atoms with van der Waals surface area (Å²) in [6.45, 7) is 1.25. The molecule has 20 heavy (non-hydrogen) atoms. The second-order valence-electron chi connectivity index (χ2n) is 5.19. The minimum atomic E-state index is -3.57. The SMILES string of the molecule is CN(C)CC1CCCN1S(=O)(=O)c1cnccc1NN. The van der Waals surface area contributed by atoms with Crippen molar-refractivity contribution in [2.75, 3.05) is 32.6 Å². The molecule has 0 spiro atoms. The number of likely N-dealkylation sites (N-methyl/N-ethyl adjacent to an activating group) is 1. The Morgan fingerprint density at radius 2 is 2.30 bits per heavy atom. The Morgan fingerprint density at radius 3 is 2.95 bits per heavy atom. The van der Waals surface area contributed by atoms with Crippen molar-refractivity contribution >= 4 is 15.7 Å². The van der Waals surface area contributed by atoms with Crippen molar-refractivity contribution in [1.82, 2.24) is 14.2 Å². The largest absolute Gasteiger partial charge is 0.323 e. The highest BCUT2D eigenvalue weighted by Gasteiger charge is 2.36. The molecule has 1 saturated heterocycles. The summed E-state index contributed by atoms with van der Waals surface area (Å²) in [5.74, 6) is 5.39. The first-order chi connectivity index (χ1) is 9.46. The molecule has 1 aliphatic rings. The molecular weight excluding hydrogens is 278 g/mol. The van der Waals surface area contributed by atoms with E-state index in [1.165, 1.54) is 12.4 Å². The van der Waals surface area contributed by atoms with Crippen LogP contribution >= 0.6 is 0 Å². The van der Waals surface area contributed by atoms with Crippen molar-refractivity contribution in [2.24, 2.45) is 5.84 Å². The monoisotopic (exact) mass is 299 g/mol. The molecule has 112 valence electrons. The van der Waals surface area contributed by atoms with Gasteiger partial charge in [-0.3, -0.25) is 10.8 Å². The van der Waals surface area contributed by atoms with E-state index < -0.39 is 10.0 Å². The topological polar surface area (TPSA) is 91.6 Å². The highest BCUT2D eigenvalue weighted by Crippen LogP contribution is 2.29. The van der Waals surface area contributed by atoms with E-state index in [4.69, 9.17) is 5.84 Å². The van der Waals surface area contributed by atoms with E-state index in [0.29, 0.717) is 18.8 Å². The van der Waals surface area contributed by atoms with Gasteiger partial charge in [0, 0.05) is 31.5 Å². The van der Waals surface area contributed by atoms with Gasteiger partial charge in [-0.1, -0.05) is 0 Å².